The highest BCUT2D eigenvalue weighted by molar-refractivity contribution is 6.32. The minimum Gasteiger partial charge on any atom is -0.490 e. The summed E-state index contributed by atoms with van der Waals surface area (Å²) in [6.45, 7) is 3.77. The van der Waals surface area contributed by atoms with E-state index in [1.807, 2.05) is 0 Å². The molecule has 0 bridgehead atoms. The Morgan fingerprint density at radius 2 is 1.89 bits per heavy atom. The zero-order valence-electron chi connectivity index (χ0n) is 10.9. The van der Waals surface area contributed by atoms with Gasteiger partial charge in [-0.05, 0) is 24.0 Å². The molecule has 0 heterocycles. The van der Waals surface area contributed by atoms with Crippen molar-refractivity contribution in [1.82, 2.24) is 0 Å². The van der Waals surface area contributed by atoms with Crippen LogP contribution in [0.15, 0.2) is 18.2 Å². The Labute approximate surface area is 108 Å². The Bertz CT molecular complexity index is 389. The van der Waals surface area contributed by atoms with Crippen molar-refractivity contribution in [3.8, 4) is 11.5 Å². The highest BCUT2D eigenvalue weighted by Gasteiger charge is 2.13. The van der Waals surface area contributed by atoms with E-state index in [0.717, 1.165) is 6.42 Å². The number of halogens is 2. The number of benzene rings is 1. The number of alkyl halides is 2. The van der Waals surface area contributed by atoms with Gasteiger partial charge in [0.1, 0.15) is 7.85 Å². The van der Waals surface area contributed by atoms with Crippen LogP contribution in [0.1, 0.15) is 27.2 Å². The van der Waals surface area contributed by atoms with E-state index in [0.29, 0.717) is 12.1 Å². The van der Waals surface area contributed by atoms with E-state index in [-0.39, 0.29) is 16.9 Å². The summed E-state index contributed by atoms with van der Waals surface area (Å²) < 4.78 is 34.2. The lowest BCUT2D eigenvalue weighted by molar-refractivity contribution is -0.0515. The molecule has 0 aliphatic carbocycles. The molecule has 0 aromatic heterocycles. The smallest absolute Gasteiger partial charge is 0.387 e. The molecule has 0 aliphatic rings. The summed E-state index contributed by atoms with van der Waals surface area (Å²) >= 11 is 0. The first kappa shape index (κ1) is 14.8. The zero-order chi connectivity index (χ0) is 13.8. The molecule has 0 aliphatic heterocycles. The second-order valence-corrected chi connectivity index (χ2v) is 5.24. The lowest BCUT2D eigenvalue weighted by Crippen LogP contribution is -2.13. The second-order valence-electron chi connectivity index (χ2n) is 5.24. The average molecular weight is 254 g/mol. The van der Waals surface area contributed by atoms with Gasteiger partial charge < -0.3 is 9.47 Å². The molecule has 0 amide bonds. The molecule has 1 rings (SSSR count). The van der Waals surface area contributed by atoms with Crippen molar-refractivity contribution < 1.29 is 18.3 Å². The van der Waals surface area contributed by atoms with Gasteiger partial charge in [0.05, 0.1) is 6.61 Å². The van der Waals surface area contributed by atoms with Gasteiger partial charge in [-0.2, -0.15) is 8.78 Å². The number of hydrogen-bond donors (Lipinski definition) is 0. The molecule has 1 aromatic carbocycles. The predicted molar refractivity (Wildman–Crippen MR) is 68.0 cm³/mol. The molecule has 1 aromatic rings. The van der Waals surface area contributed by atoms with Crippen molar-refractivity contribution in [1.29, 1.82) is 0 Å². The van der Waals surface area contributed by atoms with Gasteiger partial charge in [0.15, 0.2) is 11.5 Å². The van der Waals surface area contributed by atoms with Gasteiger partial charge in [-0.3, -0.25) is 0 Å². The summed E-state index contributed by atoms with van der Waals surface area (Å²) in [5.41, 5.74) is 0.562. The third kappa shape index (κ3) is 5.38. The maximum absolute atomic E-state index is 12.2. The quantitative estimate of drug-likeness (QED) is 0.752. The molecule has 0 unspecified atom stereocenters. The van der Waals surface area contributed by atoms with Crippen LogP contribution < -0.4 is 14.9 Å². The van der Waals surface area contributed by atoms with E-state index in [1.54, 1.807) is 0 Å². The van der Waals surface area contributed by atoms with Crippen LogP contribution in [0.5, 0.6) is 11.5 Å². The summed E-state index contributed by atoms with van der Waals surface area (Å²) in [6.07, 6.45) is 0.802. The minimum absolute atomic E-state index is 0.00751. The molecule has 0 saturated heterocycles. The van der Waals surface area contributed by atoms with Crippen LogP contribution in [0, 0.1) is 5.41 Å². The van der Waals surface area contributed by atoms with Gasteiger partial charge in [-0.15, -0.1) is 0 Å². The van der Waals surface area contributed by atoms with E-state index in [4.69, 9.17) is 12.6 Å². The third-order valence-corrected chi connectivity index (χ3v) is 2.29. The van der Waals surface area contributed by atoms with Gasteiger partial charge in [-0.1, -0.05) is 32.3 Å². The first-order valence-electron chi connectivity index (χ1n) is 5.75. The number of ether oxygens (including phenoxy) is 2. The van der Waals surface area contributed by atoms with Crippen molar-refractivity contribution in [2.75, 3.05) is 6.61 Å². The van der Waals surface area contributed by atoms with E-state index >= 15 is 0 Å². The van der Waals surface area contributed by atoms with Gasteiger partial charge >= 0.3 is 6.61 Å². The summed E-state index contributed by atoms with van der Waals surface area (Å²) in [5.74, 6) is 0.257. The monoisotopic (exact) mass is 254 g/mol. The molecule has 98 valence electrons. The molecule has 0 atom stereocenters. The van der Waals surface area contributed by atoms with Crippen LogP contribution in [-0.4, -0.2) is 21.1 Å². The molecule has 0 saturated carbocycles. The highest BCUT2D eigenvalue weighted by Crippen LogP contribution is 2.28. The lowest BCUT2D eigenvalue weighted by atomic mass is 9.93. The van der Waals surface area contributed by atoms with Crippen molar-refractivity contribution in [3.63, 3.8) is 0 Å². The first-order chi connectivity index (χ1) is 8.28. The Morgan fingerprint density at radius 3 is 2.44 bits per heavy atom. The minimum atomic E-state index is -2.88. The van der Waals surface area contributed by atoms with Crippen molar-refractivity contribution >= 4 is 13.3 Å². The summed E-state index contributed by atoms with van der Waals surface area (Å²) in [5, 5.41) is 0. The zero-order valence-corrected chi connectivity index (χ0v) is 10.9. The summed E-state index contributed by atoms with van der Waals surface area (Å²) in [7, 11) is 5.59. The SMILES string of the molecule is [B]c1ccc(OC(F)F)c(OCCC(C)(C)C)c1. The Balaban J connectivity index is 2.70. The largest absolute Gasteiger partial charge is 0.490 e. The molecule has 0 N–H and O–H groups in total. The van der Waals surface area contributed by atoms with Crippen molar-refractivity contribution in [2.45, 2.75) is 33.8 Å². The summed E-state index contributed by atoms with van der Waals surface area (Å²) in [6, 6.07) is 4.36. The average Bonchev–Trinajstić information content (AvgIpc) is 2.19. The maximum Gasteiger partial charge on any atom is 0.387 e. The number of hydrogen-bond acceptors (Lipinski definition) is 2. The molecule has 2 radical (unpaired) electrons. The molecule has 18 heavy (non-hydrogen) atoms. The van der Waals surface area contributed by atoms with Crippen LogP contribution >= 0.6 is 0 Å². The fourth-order valence-electron chi connectivity index (χ4n) is 1.30. The molecule has 0 fully saturated rings. The van der Waals surface area contributed by atoms with E-state index in [2.05, 4.69) is 25.5 Å². The van der Waals surface area contributed by atoms with Crippen LogP contribution in [-0.2, 0) is 0 Å². The Kier molecular flexibility index (Phi) is 4.99. The van der Waals surface area contributed by atoms with Crippen molar-refractivity contribution in [3.05, 3.63) is 18.2 Å². The van der Waals surface area contributed by atoms with Crippen LogP contribution in [0.2, 0.25) is 0 Å². The van der Waals surface area contributed by atoms with Crippen LogP contribution in [0.4, 0.5) is 8.78 Å². The fraction of sp³-hybridized carbons (Fsp3) is 0.538. The molecular weight excluding hydrogens is 237 g/mol. The first-order valence-corrected chi connectivity index (χ1v) is 5.75. The fourth-order valence-corrected chi connectivity index (χ4v) is 1.30. The maximum atomic E-state index is 12.2. The Morgan fingerprint density at radius 1 is 1.22 bits per heavy atom. The van der Waals surface area contributed by atoms with Gasteiger partial charge in [-0.25, -0.2) is 0 Å². The molecule has 0 spiro atoms. The van der Waals surface area contributed by atoms with Gasteiger partial charge in [0, 0.05) is 0 Å². The van der Waals surface area contributed by atoms with Crippen LogP contribution in [0.25, 0.3) is 0 Å². The highest BCUT2D eigenvalue weighted by atomic mass is 19.3. The summed E-state index contributed by atoms with van der Waals surface area (Å²) in [4.78, 5) is 0. The standard InChI is InChI=1S/C13H17BF2O2/c1-13(2,3)6-7-17-11-8-9(14)4-5-10(11)18-12(15)16/h4-5,8,12H,6-7H2,1-3H3. The van der Waals surface area contributed by atoms with E-state index in [9.17, 15) is 8.78 Å². The third-order valence-electron chi connectivity index (χ3n) is 2.29. The number of rotatable bonds is 5. The second kappa shape index (κ2) is 6.07. The van der Waals surface area contributed by atoms with Crippen LogP contribution in [0.3, 0.4) is 0 Å². The molecular formula is C13H17BF2O2. The topological polar surface area (TPSA) is 18.5 Å². The lowest BCUT2D eigenvalue weighted by Gasteiger charge is -2.19. The van der Waals surface area contributed by atoms with E-state index in [1.165, 1.54) is 18.2 Å². The van der Waals surface area contributed by atoms with Crippen molar-refractivity contribution in [2.24, 2.45) is 5.41 Å². The van der Waals surface area contributed by atoms with Gasteiger partial charge in [0.25, 0.3) is 0 Å². The molecule has 5 heteroatoms. The predicted octanol–water partition coefficient (Wildman–Crippen LogP) is 2.90. The van der Waals surface area contributed by atoms with E-state index < -0.39 is 6.61 Å². The Hall–Kier alpha value is -1.26. The molecule has 2 nitrogen and oxygen atoms in total. The van der Waals surface area contributed by atoms with Gasteiger partial charge in [0.2, 0.25) is 0 Å². The normalized spacial score (nSPS) is 11.7.